The van der Waals surface area contributed by atoms with Crippen molar-refractivity contribution < 1.29 is 0 Å². The van der Waals surface area contributed by atoms with Crippen molar-refractivity contribution >= 4 is 11.3 Å². The molecule has 2 rings (SSSR count). The summed E-state index contributed by atoms with van der Waals surface area (Å²) in [7, 11) is 2.03. The fourth-order valence-electron chi connectivity index (χ4n) is 2.51. The molecule has 0 saturated carbocycles. The topological polar surface area (TPSA) is 29.9 Å². The van der Waals surface area contributed by atoms with E-state index in [2.05, 4.69) is 41.8 Å². The van der Waals surface area contributed by atoms with Gasteiger partial charge in [-0.25, -0.2) is 0 Å². The molecule has 0 aliphatic carbocycles. The van der Waals surface area contributed by atoms with Gasteiger partial charge in [0.1, 0.15) is 0 Å². The molecule has 0 radical (unpaired) electrons. The van der Waals surface area contributed by atoms with E-state index in [1.807, 2.05) is 30.0 Å². The van der Waals surface area contributed by atoms with Crippen LogP contribution in [0.1, 0.15) is 41.7 Å². The van der Waals surface area contributed by atoms with E-state index in [-0.39, 0.29) is 0 Å². The van der Waals surface area contributed by atoms with Crippen molar-refractivity contribution in [2.75, 3.05) is 6.54 Å². The monoisotopic (exact) mass is 277 g/mol. The third-order valence-corrected chi connectivity index (χ3v) is 4.51. The maximum absolute atomic E-state index is 4.44. The van der Waals surface area contributed by atoms with Gasteiger partial charge >= 0.3 is 0 Å². The third kappa shape index (κ3) is 3.25. The Kier molecular flexibility index (Phi) is 4.77. The van der Waals surface area contributed by atoms with Gasteiger partial charge in [-0.1, -0.05) is 13.8 Å². The van der Waals surface area contributed by atoms with Gasteiger partial charge in [0.15, 0.2) is 0 Å². The number of hydrogen-bond acceptors (Lipinski definition) is 3. The smallest absolute Gasteiger partial charge is 0.0596 e. The van der Waals surface area contributed by atoms with Crippen LogP contribution in [-0.2, 0) is 19.9 Å². The summed E-state index contributed by atoms with van der Waals surface area (Å²) in [5.74, 6) is 0. The van der Waals surface area contributed by atoms with Gasteiger partial charge in [0, 0.05) is 30.1 Å². The van der Waals surface area contributed by atoms with Crippen molar-refractivity contribution in [2.24, 2.45) is 7.05 Å². The van der Waals surface area contributed by atoms with Crippen LogP contribution in [0.3, 0.4) is 0 Å². The molecule has 1 atom stereocenters. The number of likely N-dealkylation sites (N-methyl/N-ethyl adjacent to an activating group) is 1. The minimum atomic E-state index is 0.398. The van der Waals surface area contributed by atoms with Crippen LogP contribution in [0.4, 0.5) is 0 Å². The normalized spacial score (nSPS) is 12.8. The number of thiophene rings is 1. The van der Waals surface area contributed by atoms with E-state index < -0.39 is 0 Å². The lowest BCUT2D eigenvalue weighted by atomic mass is 10.0. The molecule has 19 heavy (non-hydrogen) atoms. The summed E-state index contributed by atoms with van der Waals surface area (Å²) >= 11 is 1.86. The molecule has 0 saturated heterocycles. The molecule has 0 aromatic carbocycles. The summed E-state index contributed by atoms with van der Waals surface area (Å²) in [5, 5.41) is 10.3. The molecule has 0 spiro atoms. The van der Waals surface area contributed by atoms with Crippen molar-refractivity contribution in [1.29, 1.82) is 0 Å². The summed E-state index contributed by atoms with van der Waals surface area (Å²) in [4.78, 5) is 1.48. The molecule has 0 aliphatic rings. The molecule has 104 valence electrons. The molecule has 2 heterocycles. The lowest BCUT2D eigenvalue weighted by Crippen LogP contribution is -2.23. The Balaban J connectivity index is 2.23. The van der Waals surface area contributed by atoms with E-state index in [9.17, 15) is 0 Å². The van der Waals surface area contributed by atoms with Gasteiger partial charge in [0.25, 0.3) is 0 Å². The van der Waals surface area contributed by atoms with Crippen molar-refractivity contribution in [2.45, 2.75) is 39.7 Å². The van der Waals surface area contributed by atoms with Gasteiger partial charge in [-0.05, 0) is 43.0 Å². The van der Waals surface area contributed by atoms with Crippen LogP contribution in [0, 0.1) is 6.92 Å². The van der Waals surface area contributed by atoms with Crippen LogP contribution in [-0.4, -0.2) is 16.3 Å². The molecule has 0 amide bonds. The Bertz CT molecular complexity index is 527. The minimum absolute atomic E-state index is 0.398. The molecule has 2 aromatic heterocycles. The van der Waals surface area contributed by atoms with Crippen LogP contribution in [0.15, 0.2) is 17.5 Å². The van der Waals surface area contributed by atoms with Crippen molar-refractivity contribution in [3.05, 3.63) is 39.3 Å². The summed E-state index contributed by atoms with van der Waals surface area (Å²) in [5.41, 5.74) is 3.85. The summed E-state index contributed by atoms with van der Waals surface area (Å²) in [6.45, 7) is 7.43. The standard InChI is InChI=1S/C15H23N3S/c1-5-12-7-8-19-15(12)14(16-6-2)10-13-9-11(3)17-18(13)4/h7-9,14,16H,5-6,10H2,1-4H3. The Hall–Kier alpha value is -1.13. The highest BCUT2D eigenvalue weighted by Gasteiger charge is 2.17. The van der Waals surface area contributed by atoms with Gasteiger partial charge < -0.3 is 5.32 Å². The van der Waals surface area contributed by atoms with E-state index in [1.54, 1.807) is 0 Å². The van der Waals surface area contributed by atoms with E-state index in [0.29, 0.717) is 6.04 Å². The Morgan fingerprint density at radius 3 is 2.79 bits per heavy atom. The largest absolute Gasteiger partial charge is 0.309 e. The molecular formula is C15H23N3S. The number of rotatable bonds is 6. The first-order valence-corrected chi connectivity index (χ1v) is 7.82. The molecule has 0 fully saturated rings. The summed E-state index contributed by atoms with van der Waals surface area (Å²) in [6.07, 6.45) is 2.10. The molecule has 0 bridgehead atoms. The predicted octanol–water partition coefficient (Wildman–Crippen LogP) is 3.25. The molecule has 0 aliphatic heterocycles. The first-order valence-electron chi connectivity index (χ1n) is 6.94. The van der Waals surface area contributed by atoms with Crippen LogP contribution in [0.2, 0.25) is 0 Å². The second-order valence-electron chi connectivity index (χ2n) is 4.88. The van der Waals surface area contributed by atoms with Crippen LogP contribution < -0.4 is 5.32 Å². The molecule has 1 unspecified atom stereocenters. The zero-order valence-electron chi connectivity index (χ0n) is 12.2. The summed E-state index contributed by atoms with van der Waals surface area (Å²) in [6, 6.07) is 4.83. The van der Waals surface area contributed by atoms with Gasteiger partial charge in [0.05, 0.1) is 5.69 Å². The lowest BCUT2D eigenvalue weighted by molar-refractivity contribution is 0.533. The van der Waals surface area contributed by atoms with Crippen molar-refractivity contribution in [3.8, 4) is 0 Å². The fourth-order valence-corrected chi connectivity index (χ4v) is 3.59. The van der Waals surface area contributed by atoms with E-state index >= 15 is 0 Å². The van der Waals surface area contributed by atoms with E-state index in [1.165, 1.54) is 16.1 Å². The van der Waals surface area contributed by atoms with Gasteiger partial charge in [-0.15, -0.1) is 11.3 Å². The number of nitrogens with zero attached hydrogens (tertiary/aromatic N) is 2. The zero-order chi connectivity index (χ0) is 13.8. The Labute approximate surface area is 119 Å². The van der Waals surface area contributed by atoms with Gasteiger partial charge in [0.2, 0.25) is 0 Å². The maximum atomic E-state index is 4.44. The maximum Gasteiger partial charge on any atom is 0.0596 e. The molecule has 2 aromatic rings. The van der Waals surface area contributed by atoms with Crippen LogP contribution in [0.5, 0.6) is 0 Å². The third-order valence-electron chi connectivity index (χ3n) is 3.44. The Morgan fingerprint density at radius 2 is 2.21 bits per heavy atom. The first kappa shape index (κ1) is 14.3. The number of hydrogen-bond donors (Lipinski definition) is 1. The summed E-state index contributed by atoms with van der Waals surface area (Å²) < 4.78 is 2.00. The van der Waals surface area contributed by atoms with Crippen molar-refractivity contribution in [1.82, 2.24) is 15.1 Å². The lowest BCUT2D eigenvalue weighted by Gasteiger charge is -2.18. The predicted molar refractivity (Wildman–Crippen MR) is 81.8 cm³/mol. The molecule has 4 heteroatoms. The molecule has 1 N–H and O–H groups in total. The minimum Gasteiger partial charge on any atom is -0.309 e. The molecular weight excluding hydrogens is 254 g/mol. The quantitative estimate of drug-likeness (QED) is 0.878. The zero-order valence-corrected chi connectivity index (χ0v) is 13.0. The fraction of sp³-hybridized carbons (Fsp3) is 0.533. The number of aryl methyl sites for hydroxylation is 3. The van der Waals surface area contributed by atoms with Crippen molar-refractivity contribution in [3.63, 3.8) is 0 Å². The highest BCUT2D eigenvalue weighted by atomic mass is 32.1. The van der Waals surface area contributed by atoms with Gasteiger partial charge in [-0.2, -0.15) is 5.10 Å². The van der Waals surface area contributed by atoms with Crippen LogP contribution >= 0.6 is 11.3 Å². The second kappa shape index (κ2) is 6.35. The van der Waals surface area contributed by atoms with Gasteiger partial charge in [-0.3, -0.25) is 4.68 Å². The number of nitrogens with one attached hydrogen (secondary N) is 1. The first-order chi connectivity index (χ1) is 9.15. The van der Waals surface area contributed by atoms with Crippen LogP contribution in [0.25, 0.3) is 0 Å². The number of aromatic nitrogens is 2. The molecule has 3 nitrogen and oxygen atoms in total. The highest BCUT2D eigenvalue weighted by molar-refractivity contribution is 7.10. The average molecular weight is 277 g/mol. The average Bonchev–Trinajstić information content (AvgIpc) is 2.95. The Morgan fingerprint density at radius 1 is 1.42 bits per heavy atom. The second-order valence-corrected chi connectivity index (χ2v) is 5.83. The van der Waals surface area contributed by atoms with E-state index in [0.717, 1.165) is 25.1 Å². The SMILES string of the molecule is CCNC(Cc1cc(C)nn1C)c1sccc1CC. The highest BCUT2D eigenvalue weighted by Crippen LogP contribution is 2.27. The van der Waals surface area contributed by atoms with E-state index in [4.69, 9.17) is 0 Å².